The summed E-state index contributed by atoms with van der Waals surface area (Å²) in [7, 11) is 1.90. The van der Waals surface area contributed by atoms with E-state index in [9.17, 15) is 5.11 Å². The minimum atomic E-state index is -0.318. The van der Waals surface area contributed by atoms with Crippen LogP contribution in [0.4, 0.5) is 0 Å². The number of aryl methyl sites for hydroxylation is 2. The number of hydrogen-bond acceptors (Lipinski definition) is 2. The van der Waals surface area contributed by atoms with Crippen molar-refractivity contribution >= 4 is 0 Å². The van der Waals surface area contributed by atoms with Crippen molar-refractivity contribution in [2.45, 2.75) is 45.1 Å². The second-order valence-corrected chi connectivity index (χ2v) is 4.75. The fraction of sp³-hybridized carbons (Fsp3) is 0.750. The van der Waals surface area contributed by atoms with Crippen LogP contribution >= 0.6 is 0 Å². The van der Waals surface area contributed by atoms with E-state index >= 15 is 0 Å². The third-order valence-corrected chi connectivity index (χ3v) is 3.44. The van der Waals surface area contributed by atoms with Gasteiger partial charge < -0.3 is 5.11 Å². The molecule has 0 spiro atoms. The van der Waals surface area contributed by atoms with Gasteiger partial charge in [0, 0.05) is 18.8 Å². The monoisotopic (exact) mass is 208 g/mol. The van der Waals surface area contributed by atoms with Crippen LogP contribution in [-0.4, -0.2) is 14.9 Å². The molecule has 1 atom stereocenters. The molecule has 3 nitrogen and oxygen atoms in total. The molecule has 1 heterocycles. The van der Waals surface area contributed by atoms with Crippen LogP contribution in [0.1, 0.15) is 49.5 Å². The third-order valence-electron chi connectivity index (χ3n) is 3.44. The molecule has 1 aromatic rings. The summed E-state index contributed by atoms with van der Waals surface area (Å²) >= 11 is 0. The number of aliphatic hydroxyl groups excluding tert-OH is 1. The molecule has 1 unspecified atom stereocenters. The van der Waals surface area contributed by atoms with Gasteiger partial charge in [-0.05, 0) is 19.3 Å². The van der Waals surface area contributed by atoms with Gasteiger partial charge in [0.15, 0.2) is 0 Å². The second-order valence-electron chi connectivity index (χ2n) is 4.75. The molecule has 0 saturated heterocycles. The van der Waals surface area contributed by atoms with Gasteiger partial charge in [-0.2, -0.15) is 5.10 Å². The van der Waals surface area contributed by atoms with E-state index in [1.165, 1.54) is 25.7 Å². The summed E-state index contributed by atoms with van der Waals surface area (Å²) in [5.74, 6) is 0.722. The Balaban J connectivity index is 2.00. The lowest BCUT2D eigenvalue weighted by atomic mass is 9.96. The summed E-state index contributed by atoms with van der Waals surface area (Å²) in [6.45, 7) is 1.97. The lowest BCUT2D eigenvalue weighted by Gasteiger charge is -2.14. The first-order valence-electron chi connectivity index (χ1n) is 5.85. The van der Waals surface area contributed by atoms with Crippen LogP contribution in [0.25, 0.3) is 0 Å². The number of aromatic nitrogens is 2. The molecule has 84 valence electrons. The molecular weight excluding hydrogens is 188 g/mol. The molecule has 0 bridgehead atoms. The highest BCUT2D eigenvalue weighted by Gasteiger charge is 2.21. The van der Waals surface area contributed by atoms with E-state index in [1.807, 2.05) is 20.2 Å². The molecule has 1 fully saturated rings. The average Bonchev–Trinajstić information content (AvgIpc) is 2.75. The van der Waals surface area contributed by atoms with Crippen molar-refractivity contribution in [3.63, 3.8) is 0 Å². The minimum Gasteiger partial charge on any atom is -0.388 e. The number of hydrogen-bond donors (Lipinski definition) is 1. The third kappa shape index (κ3) is 2.40. The van der Waals surface area contributed by atoms with E-state index in [4.69, 9.17) is 0 Å². The molecule has 1 N–H and O–H groups in total. The summed E-state index contributed by atoms with van der Waals surface area (Å²) in [6.07, 6.45) is 7.78. The van der Waals surface area contributed by atoms with Crippen LogP contribution in [0.15, 0.2) is 6.20 Å². The summed E-state index contributed by atoms with van der Waals surface area (Å²) < 4.78 is 1.78. The van der Waals surface area contributed by atoms with E-state index in [-0.39, 0.29) is 6.10 Å². The summed E-state index contributed by atoms with van der Waals surface area (Å²) in [4.78, 5) is 0. The maximum atomic E-state index is 10.1. The van der Waals surface area contributed by atoms with E-state index in [0.717, 1.165) is 23.6 Å². The van der Waals surface area contributed by atoms with Crippen LogP contribution in [0.5, 0.6) is 0 Å². The van der Waals surface area contributed by atoms with Crippen LogP contribution in [0.3, 0.4) is 0 Å². The van der Waals surface area contributed by atoms with Gasteiger partial charge in [0.05, 0.1) is 11.8 Å². The first-order valence-corrected chi connectivity index (χ1v) is 5.85. The van der Waals surface area contributed by atoms with Crippen molar-refractivity contribution in [2.75, 3.05) is 0 Å². The van der Waals surface area contributed by atoms with Crippen molar-refractivity contribution < 1.29 is 5.11 Å². The van der Waals surface area contributed by atoms with Gasteiger partial charge in [0.25, 0.3) is 0 Å². The van der Waals surface area contributed by atoms with Gasteiger partial charge in [-0.25, -0.2) is 0 Å². The van der Waals surface area contributed by atoms with Crippen molar-refractivity contribution in [3.05, 3.63) is 17.5 Å². The number of aliphatic hydroxyl groups is 1. The average molecular weight is 208 g/mol. The molecule has 1 aliphatic rings. The fourth-order valence-electron chi connectivity index (χ4n) is 2.63. The molecule has 2 rings (SSSR count). The molecule has 0 amide bonds. The van der Waals surface area contributed by atoms with Crippen molar-refractivity contribution in [2.24, 2.45) is 13.0 Å². The smallest absolute Gasteiger partial charge is 0.0825 e. The van der Waals surface area contributed by atoms with E-state index in [0.29, 0.717) is 0 Å². The molecule has 1 aromatic heterocycles. The van der Waals surface area contributed by atoms with Crippen LogP contribution in [0, 0.1) is 12.8 Å². The highest BCUT2D eigenvalue weighted by molar-refractivity contribution is 5.18. The van der Waals surface area contributed by atoms with Gasteiger partial charge in [-0.15, -0.1) is 0 Å². The molecule has 0 radical (unpaired) electrons. The zero-order valence-corrected chi connectivity index (χ0v) is 9.61. The Kier molecular flexibility index (Phi) is 3.10. The number of nitrogens with zero attached hydrogens (tertiary/aromatic N) is 2. The van der Waals surface area contributed by atoms with Crippen LogP contribution in [-0.2, 0) is 7.05 Å². The largest absolute Gasteiger partial charge is 0.388 e. The second kappa shape index (κ2) is 4.35. The maximum absolute atomic E-state index is 10.1. The predicted molar refractivity (Wildman–Crippen MR) is 59.5 cm³/mol. The Bertz CT molecular complexity index is 326. The zero-order chi connectivity index (χ0) is 10.8. The molecule has 1 saturated carbocycles. The van der Waals surface area contributed by atoms with Crippen molar-refractivity contribution in [1.82, 2.24) is 9.78 Å². The lowest BCUT2D eigenvalue weighted by molar-refractivity contribution is 0.144. The van der Waals surface area contributed by atoms with Crippen LogP contribution in [0.2, 0.25) is 0 Å². The molecule has 3 heteroatoms. The van der Waals surface area contributed by atoms with E-state index < -0.39 is 0 Å². The normalized spacial score (nSPS) is 19.7. The standard InChI is InChI=1S/C12H20N2O/c1-9-11(8-14(2)13-9)12(15)7-10-5-3-4-6-10/h8,10,12,15H,3-7H2,1-2H3. The maximum Gasteiger partial charge on any atom is 0.0825 e. The summed E-state index contributed by atoms with van der Waals surface area (Å²) in [5.41, 5.74) is 1.97. The first-order chi connectivity index (χ1) is 7.16. The summed E-state index contributed by atoms with van der Waals surface area (Å²) in [6, 6.07) is 0. The van der Waals surface area contributed by atoms with Crippen LogP contribution < -0.4 is 0 Å². The van der Waals surface area contributed by atoms with Gasteiger partial charge >= 0.3 is 0 Å². The Hall–Kier alpha value is -0.830. The zero-order valence-electron chi connectivity index (χ0n) is 9.61. The molecule has 1 aliphatic carbocycles. The van der Waals surface area contributed by atoms with Gasteiger partial charge in [0.2, 0.25) is 0 Å². The van der Waals surface area contributed by atoms with E-state index in [2.05, 4.69) is 5.10 Å². The Labute approximate surface area is 91.1 Å². The molecule has 0 aromatic carbocycles. The Morgan fingerprint density at radius 1 is 1.53 bits per heavy atom. The van der Waals surface area contributed by atoms with Crippen molar-refractivity contribution in [3.8, 4) is 0 Å². The van der Waals surface area contributed by atoms with Gasteiger partial charge in [-0.3, -0.25) is 4.68 Å². The lowest BCUT2D eigenvalue weighted by Crippen LogP contribution is -2.04. The van der Waals surface area contributed by atoms with E-state index in [1.54, 1.807) is 4.68 Å². The predicted octanol–water partition coefficient (Wildman–Crippen LogP) is 2.34. The number of rotatable bonds is 3. The first kappa shape index (κ1) is 10.7. The highest BCUT2D eigenvalue weighted by Crippen LogP contribution is 2.33. The molecule has 15 heavy (non-hydrogen) atoms. The fourth-order valence-corrected chi connectivity index (χ4v) is 2.63. The SMILES string of the molecule is Cc1nn(C)cc1C(O)CC1CCCC1. The molecule has 0 aliphatic heterocycles. The van der Waals surface area contributed by atoms with Gasteiger partial charge in [-0.1, -0.05) is 25.7 Å². The summed E-state index contributed by atoms with van der Waals surface area (Å²) in [5, 5.41) is 14.4. The van der Waals surface area contributed by atoms with Gasteiger partial charge in [0.1, 0.15) is 0 Å². The Morgan fingerprint density at radius 2 is 2.20 bits per heavy atom. The molecular formula is C12H20N2O. The quantitative estimate of drug-likeness (QED) is 0.828. The van der Waals surface area contributed by atoms with Crippen molar-refractivity contribution in [1.29, 1.82) is 0 Å². The Morgan fingerprint density at radius 3 is 2.73 bits per heavy atom. The topological polar surface area (TPSA) is 38.0 Å². The highest BCUT2D eigenvalue weighted by atomic mass is 16.3. The minimum absolute atomic E-state index is 0.318.